The summed E-state index contributed by atoms with van der Waals surface area (Å²) < 4.78 is 61.3. The van der Waals surface area contributed by atoms with Crippen molar-refractivity contribution in [3.8, 4) is 0 Å². The number of allylic oxidation sites excluding steroid dienone is 1. The molecule has 0 radical (unpaired) electrons. The lowest BCUT2D eigenvalue weighted by Crippen LogP contribution is -2.49. The van der Waals surface area contributed by atoms with Gasteiger partial charge in [0.15, 0.2) is 9.84 Å². The molecule has 1 saturated heterocycles. The van der Waals surface area contributed by atoms with Crippen molar-refractivity contribution in [2.75, 3.05) is 36.8 Å². The molecule has 5 nitrogen and oxygen atoms in total. The summed E-state index contributed by atoms with van der Waals surface area (Å²) in [5.74, 6) is -0.461. The van der Waals surface area contributed by atoms with Gasteiger partial charge in [-0.05, 0) is 18.2 Å². The fourth-order valence-corrected chi connectivity index (χ4v) is 4.61. The van der Waals surface area contributed by atoms with E-state index in [9.17, 15) is 26.4 Å². The monoisotopic (exact) mass is 388 g/mol. The Morgan fingerprint density at radius 2 is 1.85 bits per heavy atom. The van der Waals surface area contributed by atoms with Crippen LogP contribution in [-0.2, 0) is 20.8 Å². The molecule has 3 rings (SSSR count). The van der Waals surface area contributed by atoms with E-state index in [-0.39, 0.29) is 24.0 Å². The minimum atomic E-state index is -4.39. The van der Waals surface area contributed by atoms with Gasteiger partial charge in [0.2, 0.25) is 5.91 Å². The number of rotatable bonds is 3. The van der Waals surface area contributed by atoms with E-state index >= 15 is 0 Å². The first-order chi connectivity index (χ1) is 12.1. The minimum Gasteiger partial charge on any atom is -0.368 e. The number of carbonyl (C=O) groups is 1. The van der Waals surface area contributed by atoms with Gasteiger partial charge in [-0.1, -0.05) is 12.1 Å². The Hall–Kier alpha value is -2.03. The van der Waals surface area contributed by atoms with E-state index in [0.717, 1.165) is 17.5 Å². The molecule has 1 atom stereocenters. The molecule has 2 aliphatic rings. The van der Waals surface area contributed by atoms with Crippen LogP contribution < -0.4 is 4.90 Å². The third kappa shape index (κ3) is 4.38. The second kappa shape index (κ2) is 6.94. The van der Waals surface area contributed by atoms with Gasteiger partial charge in [-0.3, -0.25) is 4.79 Å². The number of nitrogens with zero attached hydrogens (tertiary/aromatic N) is 2. The number of halogens is 3. The standard InChI is InChI=1S/C17H19F3N2O3S/c18-17(19,20)14-2-1-3-15(11-14)21-5-7-22(8-6-21)16(23)10-13-4-9-26(24,25)12-13/h1-4,9,11,13H,5-8,10,12H2. The molecule has 0 aromatic heterocycles. The predicted molar refractivity (Wildman–Crippen MR) is 91.3 cm³/mol. The number of carbonyl (C=O) groups excluding carboxylic acids is 1. The van der Waals surface area contributed by atoms with E-state index in [4.69, 9.17) is 0 Å². The number of alkyl halides is 3. The van der Waals surface area contributed by atoms with E-state index in [1.54, 1.807) is 17.0 Å². The molecular formula is C17H19F3N2O3S. The summed E-state index contributed by atoms with van der Waals surface area (Å²) in [6.07, 6.45) is -2.70. The lowest BCUT2D eigenvalue weighted by atomic mass is 10.1. The smallest absolute Gasteiger partial charge is 0.368 e. The van der Waals surface area contributed by atoms with Crippen molar-refractivity contribution in [1.82, 2.24) is 4.90 Å². The van der Waals surface area contributed by atoms with Crippen molar-refractivity contribution in [3.63, 3.8) is 0 Å². The molecule has 0 N–H and O–H groups in total. The van der Waals surface area contributed by atoms with Crippen LogP contribution in [0.3, 0.4) is 0 Å². The Morgan fingerprint density at radius 1 is 1.15 bits per heavy atom. The number of anilines is 1. The van der Waals surface area contributed by atoms with Gasteiger partial charge in [0.1, 0.15) is 0 Å². The maximum atomic E-state index is 12.8. The average molecular weight is 388 g/mol. The zero-order valence-electron chi connectivity index (χ0n) is 13.9. The Morgan fingerprint density at radius 3 is 2.42 bits per heavy atom. The predicted octanol–water partition coefficient (Wildman–Crippen LogP) is 2.30. The van der Waals surface area contributed by atoms with Crippen LogP contribution in [0.2, 0.25) is 0 Å². The van der Waals surface area contributed by atoms with Gasteiger partial charge in [-0.25, -0.2) is 8.42 Å². The summed E-state index contributed by atoms with van der Waals surface area (Å²) in [6, 6.07) is 5.15. The van der Waals surface area contributed by atoms with E-state index in [0.29, 0.717) is 31.9 Å². The van der Waals surface area contributed by atoms with Crippen LogP contribution in [0.1, 0.15) is 12.0 Å². The Kier molecular flexibility index (Phi) is 5.01. The summed E-state index contributed by atoms with van der Waals surface area (Å²) in [5.41, 5.74) is -0.209. The van der Waals surface area contributed by atoms with Gasteiger partial charge in [0, 0.05) is 49.6 Å². The highest BCUT2D eigenvalue weighted by molar-refractivity contribution is 7.94. The third-order valence-electron chi connectivity index (χ3n) is 4.61. The van der Waals surface area contributed by atoms with Crippen molar-refractivity contribution in [2.45, 2.75) is 12.6 Å². The molecule has 26 heavy (non-hydrogen) atoms. The maximum Gasteiger partial charge on any atom is 0.416 e. The van der Waals surface area contributed by atoms with Crippen molar-refractivity contribution in [2.24, 2.45) is 5.92 Å². The van der Waals surface area contributed by atoms with Crippen LogP contribution in [0.15, 0.2) is 35.7 Å². The molecule has 1 aromatic carbocycles. The average Bonchev–Trinajstić information content (AvgIpc) is 2.93. The first-order valence-electron chi connectivity index (χ1n) is 8.25. The van der Waals surface area contributed by atoms with E-state index in [1.165, 1.54) is 6.07 Å². The van der Waals surface area contributed by atoms with Crippen molar-refractivity contribution in [1.29, 1.82) is 0 Å². The SMILES string of the molecule is O=C(CC1C=CS(=O)(=O)C1)N1CCN(c2cccc(C(F)(F)F)c2)CC1. The van der Waals surface area contributed by atoms with Gasteiger partial charge >= 0.3 is 6.18 Å². The molecule has 2 heterocycles. The first-order valence-corrected chi connectivity index (χ1v) is 9.96. The first kappa shape index (κ1) is 18.8. The zero-order valence-corrected chi connectivity index (χ0v) is 14.8. The number of benzene rings is 1. The topological polar surface area (TPSA) is 57.7 Å². The van der Waals surface area contributed by atoms with Gasteiger partial charge < -0.3 is 9.80 Å². The van der Waals surface area contributed by atoms with Crippen LogP contribution in [0.4, 0.5) is 18.9 Å². The van der Waals surface area contributed by atoms with Crippen LogP contribution in [-0.4, -0.2) is 51.2 Å². The summed E-state index contributed by atoms with van der Waals surface area (Å²) >= 11 is 0. The summed E-state index contributed by atoms with van der Waals surface area (Å²) in [4.78, 5) is 15.8. The lowest BCUT2D eigenvalue weighted by Gasteiger charge is -2.36. The second-order valence-corrected chi connectivity index (χ2v) is 8.47. The Labute approximate surface area is 150 Å². The third-order valence-corrected chi connectivity index (χ3v) is 6.08. The normalized spacial score (nSPS) is 22.7. The number of hydrogen-bond donors (Lipinski definition) is 0. The van der Waals surface area contributed by atoms with Crippen LogP contribution >= 0.6 is 0 Å². The second-order valence-electron chi connectivity index (χ2n) is 6.54. The van der Waals surface area contributed by atoms with E-state index in [1.807, 2.05) is 4.90 Å². The molecule has 0 aliphatic carbocycles. The number of amides is 1. The molecule has 1 amide bonds. The fraction of sp³-hybridized carbons (Fsp3) is 0.471. The van der Waals surface area contributed by atoms with Gasteiger partial charge in [0.25, 0.3) is 0 Å². The highest BCUT2D eigenvalue weighted by Crippen LogP contribution is 2.32. The molecule has 1 aromatic rings. The molecule has 0 bridgehead atoms. The summed E-state index contributed by atoms with van der Waals surface area (Å²) in [7, 11) is -3.18. The van der Waals surface area contributed by atoms with Gasteiger partial charge in [-0.2, -0.15) is 13.2 Å². The highest BCUT2D eigenvalue weighted by atomic mass is 32.2. The Balaban J connectivity index is 1.56. The molecule has 0 saturated carbocycles. The van der Waals surface area contributed by atoms with Crippen LogP contribution in [0.5, 0.6) is 0 Å². The molecule has 0 spiro atoms. The van der Waals surface area contributed by atoms with Crippen molar-refractivity contribution in [3.05, 3.63) is 41.3 Å². The molecule has 142 valence electrons. The van der Waals surface area contributed by atoms with Gasteiger partial charge in [-0.15, -0.1) is 0 Å². The lowest BCUT2D eigenvalue weighted by molar-refractivity contribution is -0.137. The zero-order chi connectivity index (χ0) is 18.9. The largest absolute Gasteiger partial charge is 0.416 e. The molecule has 9 heteroatoms. The summed E-state index contributed by atoms with van der Waals surface area (Å²) in [5, 5.41) is 1.15. The minimum absolute atomic E-state index is 0.0388. The number of piperazine rings is 1. The van der Waals surface area contributed by atoms with Crippen LogP contribution in [0, 0.1) is 5.92 Å². The highest BCUT2D eigenvalue weighted by Gasteiger charge is 2.31. The molecule has 1 unspecified atom stereocenters. The number of hydrogen-bond acceptors (Lipinski definition) is 4. The quantitative estimate of drug-likeness (QED) is 0.797. The number of sulfone groups is 1. The summed E-state index contributed by atoms with van der Waals surface area (Å²) in [6.45, 7) is 1.67. The van der Waals surface area contributed by atoms with E-state index in [2.05, 4.69) is 0 Å². The molecule has 2 aliphatic heterocycles. The molecule has 1 fully saturated rings. The van der Waals surface area contributed by atoms with Crippen molar-refractivity contribution < 1.29 is 26.4 Å². The van der Waals surface area contributed by atoms with Crippen molar-refractivity contribution >= 4 is 21.4 Å². The maximum absolute atomic E-state index is 12.8. The van der Waals surface area contributed by atoms with Gasteiger partial charge in [0.05, 0.1) is 11.3 Å². The van der Waals surface area contributed by atoms with Crippen LogP contribution in [0.25, 0.3) is 0 Å². The Bertz CT molecular complexity index is 813. The van der Waals surface area contributed by atoms with E-state index < -0.39 is 21.6 Å². The molecular weight excluding hydrogens is 369 g/mol. The fourth-order valence-electron chi connectivity index (χ4n) is 3.21.